The van der Waals surface area contributed by atoms with E-state index in [0.29, 0.717) is 11.3 Å². The summed E-state index contributed by atoms with van der Waals surface area (Å²) >= 11 is 0. The van der Waals surface area contributed by atoms with E-state index in [2.05, 4.69) is 6.92 Å². The van der Waals surface area contributed by atoms with Crippen molar-refractivity contribution in [2.24, 2.45) is 0 Å². The van der Waals surface area contributed by atoms with Crippen molar-refractivity contribution in [1.82, 2.24) is 0 Å². The van der Waals surface area contributed by atoms with Gasteiger partial charge in [-0.3, -0.25) is 0 Å². The van der Waals surface area contributed by atoms with Crippen LogP contribution in [0.15, 0.2) is 18.2 Å². The fourth-order valence-electron chi connectivity index (χ4n) is 4.13. The number of aromatic carboxylic acids is 1. The largest absolute Gasteiger partial charge is 0.478 e. The molecule has 0 amide bonds. The molecular formula is C26H45NO2. The van der Waals surface area contributed by atoms with E-state index in [1.54, 1.807) is 6.07 Å². The van der Waals surface area contributed by atoms with E-state index in [-0.39, 0.29) is 0 Å². The van der Waals surface area contributed by atoms with Crippen LogP contribution >= 0.6 is 0 Å². The van der Waals surface area contributed by atoms with Crippen molar-refractivity contribution >= 4 is 11.7 Å². The van der Waals surface area contributed by atoms with Crippen molar-refractivity contribution < 1.29 is 9.90 Å². The maximum Gasteiger partial charge on any atom is 0.338 e. The highest BCUT2D eigenvalue weighted by Crippen LogP contribution is 2.20. The van der Waals surface area contributed by atoms with Gasteiger partial charge in [0.15, 0.2) is 0 Å². The van der Waals surface area contributed by atoms with Gasteiger partial charge in [-0.25, -0.2) is 4.79 Å². The van der Waals surface area contributed by atoms with Crippen LogP contribution in [0.1, 0.15) is 132 Å². The Hall–Kier alpha value is -1.51. The average Bonchev–Trinajstić information content (AvgIpc) is 2.70. The molecule has 0 aliphatic rings. The first kappa shape index (κ1) is 25.5. The summed E-state index contributed by atoms with van der Waals surface area (Å²) in [6.45, 7) is 2.28. The topological polar surface area (TPSA) is 63.3 Å². The number of nitrogens with two attached hydrogens (primary N) is 1. The number of carbonyl (C=O) groups is 1. The van der Waals surface area contributed by atoms with Crippen molar-refractivity contribution in [2.45, 2.75) is 122 Å². The Bertz CT molecular complexity index is 542. The maximum absolute atomic E-state index is 11.3. The number of rotatable bonds is 19. The minimum atomic E-state index is -0.912. The van der Waals surface area contributed by atoms with Crippen molar-refractivity contribution in [1.29, 1.82) is 0 Å². The Kier molecular flexibility index (Phi) is 15.3. The second-order valence-electron chi connectivity index (χ2n) is 8.59. The van der Waals surface area contributed by atoms with Crippen molar-refractivity contribution in [3.63, 3.8) is 0 Å². The van der Waals surface area contributed by atoms with Crippen LogP contribution in [0.5, 0.6) is 0 Å². The summed E-state index contributed by atoms with van der Waals surface area (Å²) < 4.78 is 0. The fraction of sp³-hybridized carbons (Fsp3) is 0.731. The van der Waals surface area contributed by atoms with Crippen LogP contribution in [0.25, 0.3) is 0 Å². The van der Waals surface area contributed by atoms with Gasteiger partial charge in [0.05, 0.1) is 5.56 Å². The molecule has 3 nitrogen and oxygen atoms in total. The fourth-order valence-corrected chi connectivity index (χ4v) is 4.13. The molecule has 0 fully saturated rings. The lowest BCUT2D eigenvalue weighted by Crippen LogP contribution is -2.07. The van der Waals surface area contributed by atoms with Crippen LogP contribution in [0.2, 0.25) is 0 Å². The van der Waals surface area contributed by atoms with E-state index in [9.17, 15) is 9.90 Å². The zero-order chi connectivity index (χ0) is 21.2. The monoisotopic (exact) mass is 403 g/mol. The second kappa shape index (κ2) is 17.4. The molecule has 0 unspecified atom stereocenters. The molecule has 1 aromatic rings. The zero-order valence-electron chi connectivity index (χ0n) is 18.9. The summed E-state index contributed by atoms with van der Waals surface area (Å²) in [4.78, 5) is 11.3. The van der Waals surface area contributed by atoms with Gasteiger partial charge in [-0.2, -0.15) is 0 Å². The van der Waals surface area contributed by atoms with E-state index in [1.165, 1.54) is 103 Å². The van der Waals surface area contributed by atoms with Crippen LogP contribution in [-0.4, -0.2) is 11.1 Å². The molecule has 0 saturated heterocycles. The number of aryl methyl sites for hydroxylation is 1. The molecule has 0 spiro atoms. The number of unbranched alkanes of at least 4 members (excludes halogenated alkanes) is 16. The Balaban J connectivity index is 1.89. The molecule has 0 aromatic heterocycles. The molecule has 29 heavy (non-hydrogen) atoms. The summed E-state index contributed by atoms with van der Waals surface area (Å²) in [6.07, 6.45) is 23.9. The lowest BCUT2D eigenvalue weighted by atomic mass is 9.99. The molecule has 0 aliphatic heterocycles. The first-order valence-electron chi connectivity index (χ1n) is 12.3. The molecule has 1 aromatic carbocycles. The molecule has 3 heteroatoms. The van der Waals surface area contributed by atoms with Gasteiger partial charge in [0.25, 0.3) is 0 Å². The van der Waals surface area contributed by atoms with Gasteiger partial charge in [0.2, 0.25) is 0 Å². The molecule has 0 saturated carbocycles. The SMILES string of the molecule is CCCCCCCCCCCCCCCCCCCc1cccc(N)c1C(=O)O. The molecule has 3 N–H and O–H groups in total. The highest BCUT2D eigenvalue weighted by atomic mass is 16.4. The summed E-state index contributed by atoms with van der Waals surface area (Å²) in [5.74, 6) is -0.912. The van der Waals surface area contributed by atoms with E-state index < -0.39 is 5.97 Å². The maximum atomic E-state index is 11.3. The van der Waals surface area contributed by atoms with Crippen molar-refractivity contribution in [3.8, 4) is 0 Å². The normalized spacial score (nSPS) is 11.1. The molecule has 1 rings (SSSR count). The Morgan fingerprint density at radius 2 is 1.14 bits per heavy atom. The number of carboxylic acid groups (broad SMARTS) is 1. The number of nitrogen functional groups attached to an aromatic ring is 1. The summed E-state index contributed by atoms with van der Waals surface area (Å²) in [5.41, 5.74) is 7.35. The highest BCUT2D eigenvalue weighted by molar-refractivity contribution is 5.95. The first-order valence-corrected chi connectivity index (χ1v) is 12.3. The number of hydrogen-bond donors (Lipinski definition) is 2. The number of carboxylic acids is 1. The molecule has 0 bridgehead atoms. The minimum Gasteiger partial charge on any atom is -0.478 e. The molecular weight excluding hydrogens is 358 g/mol. The summed E-state index contributed by atoms with van der Waals surface area (Å²) in [7, 11) is 0. The number of hydrogen-bond acceptors (Lipinski definition) is 2. The van der Waals surface area contributed by atoms with Crippen molar-refractivity contribution in [3.05, 3.63) is 29.3 Å². The Morgan fingerprint density at radius 3 is 1.55 bits per heavy atom. The molecule has 0 heterocycles. The second-order valence-corrected chi connectivity index (χ2v) is 8.59. The van der Waals surface area contributed by atoms with Gasteiger partial charge in [-0.15, -0.1) is 0 Å². The third kappa shape index (κ3) is 12.6. The first-order chi connectivity index (χ1) is 14.2. The van der Waals surface area contributed by atoms with Gasteiger partial charge in [-0.1, -0.05) is 122 Å². The summed E-state index contributed by atoms with van der Waals surface area (Å²) in [6, 6.07) is 5.42. The third-order valence-corrected chi connectivity index (χ3v) is 5.95. The standard InChI is InChI=1S/C26H45NO2/c1-2-3-4-5-6-7-8-9-10-11-12-13-14-15-16-17-18-20-23-21-19-22-24(27)25(23)26(28)29/h19,21-22H,2-18,20,27H2,1H3,(H,28,29). The van der Waals surface area contributed by atoms with E-state index in [1.807, 2.05) is 12.1 Å². The Morgan fingerprint density at radius 1 is 0.724 bits per heavy atom. The average molecular weight is 404 g/mol. The summed E-state index contributed by atoms with van der Waals surface area (Å²) in [5, 5.41) is 9.31. The predicted molar refractivity (Wildman–Crippen MR) is 126 cm³/mol. The van der Waals surface area contributed by atoms with Gasteiger partial charge in [-0.05, 0) is 24.5 Å². The van der Waals surface area contributed by atoms with E-state index in [4.69, 9.17) is 5.73 Å². The quantitative estimate of drug-likeness (QED) is 0.181. The molecule has 166 valence electrons. The Labute approximate surface area is 179 Å². The van der Waals surface area contributed by atoms with Gasteiger partial charge in [0, 0.05) is 5.69 Å². The van der Waals surface area contributed by atoms with Crippen molar-refractivity contribution in [2.75, 3.05) is 5.73 Å². The van der Waals surface area contributed by atoms with Crippen LogP contribution in [0.3, 0.4) is 0 Å². The smallest absolute Gasteiger partial charge is 0.338 e. The predicted octanol–water partition coefficient (Wildman–Crippen LogP) is 8.16. The molecule has 0 aliphatic carbocycles. The van der Waals surface area contributed by atoms with Crippen LogP contribution < -0.4 is 5.73 Å². The molecule has 0 atom stereocenters. The third-order valence-electron chi connectivity index (χ3n) is 5.95. The minimum absolute atomic E-state index is 0.295. The zero-order valence-corrected chi connectivity index (χ0v) is 18.9. The molecule has 0 radical (unpaired) electrons. The van der Waals surface area contributed by atoms with Crippen LogP contribution in [0.4, 0.5) is 5.69 Å². The van der Waals surface area contributed by atoms with Gasteiger partial charge < -0.3 is 10.8 Å². The van der Waals surface area contributed by atoms with Gasteiger partial charge >= 0.3 is 5.97 Å². The van der Waals surface area contributed by atoms with E-state index >= 15 is 0 Å². The van der Waals surface area contributed by atoms with E-state index in [0.717, 1.165) is 18.4 Å². The lowest BCUT2D eigenvalue weighted by Gasteiger charge is -2.08. The van der Waals surface area contributed by atoms with Crippen LogP contribution in [-0.2, 0) is 6.42 Å². The number of benzene rings is 1. The number of anilines is 1. The van der Waals surface area contributed by atoms with Crippen LogP contribution in [0, 0.1) is 0 Å². The highest BCUT2D eigenvalue weighted by Gasteiger charge is 2.12. The van der Waals surface area contributed by atoms with Gasteiger partial charge in [0.1, 0.15) is 0 Å². The lowest BCUT2D eigenvalue weighted by molar-refractivity contribution is 0.0697.